The molecule has 0 saturated carbocycles. The number of nitrogens with zero attached hydrogens (tertiary/aromatic N) is 1. The summed E-state index contributed by atoms with van der Waals surface area (Å²) in [5.41, 5.74) is 0.521. The summed E-state index contributed by atoms with van der Waals surface area (Å²) in [7, 11) is -3.24. The van der Waals surface area contributed by atoms with Gasteiger partial charge in [0.1, 0.15) is 0 Å². The Kier molecular flexibility index (Phi) is 5.76. The predicted molar refractivity (Wildman–Crippen MR) is 87.8 cm³/mol. The molecule has 0 radical (unpaired) electrons. The van der Waals surface area contributed by atoms with Gasteiger partial charge >= 0.3 is 0 Å². The first-order valence-electron chi connectivity index (χ1n) is 7.83. The Bertz CT molecular complexity index is 668. The van der Waals surface area contributed by atoms with Gasteiger partial charge in [0.15, 0.2) is 9.84 Å². The van der Waals surface area contributed by atoms with E-state index in [1.54, 1.807) is 24.0 Å². The summed E-state index contributed by atoms with van der Waals surface area (Å²) in [6, 6.07) is 6.08. The van der Waals surface area contributed by atoms with Crippen molar-refractivity contribution in [3.05, 3.63) is 24.3 Å². The number of likely N-dealkylation sites (tertiary alicyclic amines) is 1. The molecule has 0 unspecified atom stereocenters. The van der Waals surface area contributed by atoms with Crippen LogP contribution in [0.3, 0.4) is 0 Å². The van der Waals surface area contributed by atoms with Crippen molar-refractivity contribution in [3.63, 3.8) is 0 Å². The van der Waals surface area contributed by atoms with E-state index in [1.807, 2.05) is 0 Å². The van der Waals surface area contributed by atoms with Gasteiger partial charge < -0.3 is 10.2 Å². The lowest BCUT2D eigenvalue weighted by atomic mass is 10.2. The predicted octanol–water partition coefficient (Wildman–Crippen LogP) is 1.82. The van der Waals surface area contributed by atoms with Crippen LogP contribution in [0.25, 0.3) is 0 Å². The minimum absolute atomic E-state index is 0.0158. The number of carbonyl (C=O) groups excluding carboxylic acids is 2. The smallest absolute Gasteiger partial charge is 0.243 e. The van der Waals surface area contributed by atoms with Crippen LogP contribution < -0.4 is 5.32 Å². The zero-order valence-corrected chi connectivity index (χ0v) is 14.1. The van der Waals surface area contributed by atoms with Crippen molar-refractivity contribution in [2.75, 3.05) is 24.2 Å². The van der Waals surface area contributed by atoms with Crippen LogP contribution in [0.5, 0.6) is 0 Å². The van der Waals surface area contributed by atoms with Gasteiger partial charge in [0, 0.05) is 18.7 Å². The number of anilines is 1. The molecule has 1 aliphatic heterocycles. The van der Waals surface area contributed by atoms with Crippen molar-refractivity contribution in [1.82, 2.24) is 4.90 Å². The number of hydrogen-bond acceptors (Lipinski definition) is 4. The Balaban J connectivity index is 1.96. The van der Waals surface area contributed by atoms with Gasteiger partial charge in [-0.3, -0.25) is 9.59 Å². The minimum atomic E-state index is -3.24. The molecule has 0 aromatic heterocycles. The molecule has 1 aliphatic rings. The average Bonchev–Trinajstić information content (AvgIpc) is 2.73. The third kappa shape index (κ3) is 4.79. The largest absolute Gasteiger partial charge is 0.333 e. The number of hydrogen-bond donors (Lipinski definition) is 1. The fraction of sp³-hybridized carbons (Fsp3) is 0.500. The van der Waals surface area contributed by atoms with Crippen molar-refractivity contribution in [2.45, 2.75) is 37.5 Å². The molecule has 1 aromatic rings. The normalized spacial score (nSPS) is 16.0. The van der Waals surface area contributed by atoms with E-state index in [4.69, 9.17) is 0 Å². The highest BCUT2D eigenvalue weighted by Gasteiger charge is 2.19. The molecule has 1 aromatic carbocycles. The topological polar surface area (TPSA) is 83.6 Å². The second-order valence-corrected chi connectivity index (χ2v) is 7.88. The summed E-state index contributed by atoms with van der Waals surface area (Å²) in [6.45, 7) is 2.23. The quantitative estimate of drug-likeness (QED) is 0.887. The van der Waals surface area contributed by atoms with Crippen LogP contribution in [0, 0.1) is 0 Å². The molecule has 7 heteroatoms. The molecule has 0 aliphatic carbocycles. The summed E-state index contributed by atoms with van der Waals surface area (Å²) in [5, 5.41) is 2.70. The van der Waals surface area contributed by atoms with Crippen molar-refractivity contribution in [3.8, 4) is 0 Å². The summed E-state index contributed by atoms with van der Waals surface area (Å²) in [6.07, 6.45) is 3.31. The Morgan fingerprint density at radius 3 is 2.52 bits per heavy atom. The zero-order chi connectivity index (χ0) is 16.9. The molecule has 126 valence electrons. The number of benzene rings is 1. The van der Waals surface area contributed by atoms with Crippen LogP contribution in [-0.2, 0) is 19.4 Å². The summed E-state index contributed by atoms with van der Waals surface area (Å²) < 4.78 is 23.5. The molecule has 1 N–H and O–H groups in total. The Labute approximate surface area is 136 Å². The molecular weight excluding hydrogens is 316 g/mol. The van der Waals surface area contributed by atoms with Crippen molar-refractivity contribution in [2.24, 2.45) is 0 Å². The highest BCUT2D eigenvalue weighted by molar-refractivity contribution is 7.91. The number of carbonyl (C=O) groups is 2. The molecule has 2 rings (SSSR count). The molecule has 1 saturated heterocycles. The van der Waals surface area contributed by atoms with Gasteiger partial charge in [-0.2, -0.15) is 0 Å². The molecule has 0 bridgehead atoms. The second kappa shape index (κ2) is 7.59. The molecule has 23 heavy (non-hydrogen) atoms. The van der Waals surface area contributed by atoms with Crippen LogP contribution in [0.2, 0.25) is 0 Å². The highest BCUT2D eigenvalue weighted by atomic mass is 32.2. The molecule has 0 atom stereocenters. The first-order valence-corrected chi connectivity index (χ1v) is 9.48. The van der Waals surface area contributed by atoms with Crippen LogP contribution >= 0.6 is 0 Å². The van der Waals surface area contributed by atoms with E-state index in [2.05, 4.69) is 5.32 Å². The van der Waals surface area contributed by atoms with E-state index in [0.29, 0.717) is 18.7 Å². The summed E-state index contributed by atoms with van der Waals surface area (Å²) in [4.78, 5) is 25.7. The van der Waals surface area contributed by atoms with Crippen molar-refractivity contribution >= 4 is 27.3 Å². The van der Waals surface area contributed by atoms with E-state index >= 15 is 0 Å². The molecule has 1 fully saturated rings. The van der Waals surface area contributed by atoms with Crippen LogP contribution in [0.15, 0.2) is 29.2 Å². The second-order valence-electron chi connectivity index (χ2n) is 5.60. The lowest BCUT2D eigenvalue weighted by Gasteiger charge is -2.19. The fourth-order valence-electron chi connectivity index (χ4n) is 2.49. The Morgan fingerprint density at radius 2 is 1.87 bits per heavy atom. The maximum atomic E-state index is 12.1. The van der Waals surface area contributed by atoms with E-state index in [1.165, 1.54) is 12.1 Å². The number of amides is 2. The third-order valence-electron chi connectivity index (χ3n) is 3.88. The van der Waals surface area contributed by atoms with E-state index in [9.17, 15) is 18.0 Å². The first-order chi connectivity index (χ1) is 10.9. The third-order valence-corrected chi connectivity index (χ3v) is 5.63. The van der Waals surface area contributed by atoms with E-state index < -0.39 is 9.84 Å². The molecule has 1 heterocycles. The molecule has 0 spiro atoms. The molecule has 6 nitrogen and oxygen atoms in total. The maximum Gasteiger partial charge on any atom is 0.243 e. The standard InChI is InChI=1S/C16H22N2O4S/c1-2-23(21,22)14-9-7-13(8-10-14)17-15(19)12-18-11-5-3-4-6-16(18)20/h7-10H,2-6,11-12H2,1H3,(H,17,19). The van der Waals surface area contributed by atoms with Crippen LogP contribution in [0.4, 0.5) is 5.69 Å². The number of nitrogens with one attached hydrogen (secondary N) is 1. The summed E-state index contributed by atoms with van der Waals surface area (Å²) in [5.74, 6) is -0.219. The minimum Gasteiger partial charge on any atom is -0.333 e. The van der Waals surface area contributed by atoms with Crippen molar-refractivity contribution < 1.29 is 18.0 Å². The van der Waals surface area contributed by atoms with Gasteiger partial charge in [0.2, 0.25) is 11.8 Å². The maximum absolute atomic E-state index is 12.1. The van der Waals surface area contributed by atoms with Crippen molar-refractivity contribution in [1.29, 1.82) is 0 Å². The fourth-order valence-corrected chi connectivity index (χ4v) is 3.38. The van der Waals surface area contributed by atoms with Gasteiger partial charge in [0.25, 0.3) is 0 Å². The van der Waals surface area contributed by atoms with Gasteiger partial charge in [0.05, 0.1) is 17.2 Å². The SMILES string of the molecule is CCS(=O)(=O)c1ccc(NC(=O)CN2CCCCCC2=O)cc1. The Morgan fingerprint density at radius 1 is 1.17 bits per heavy atom. The van der Waals surface area contributed by atoms with Crippen LogP contribution in [-0.4, -0.2) is 44.0 Å². The van der Waals surface area contributed by atoms with Crippen LogP contribution in [0.1, 0.15) is 32.6 Å². The monoisotopic (exact) mass is 338 g/mol. The van der Waals surface area contributed by atoms with E-state index in [-0.39, 0.29) is 29.0 Å². The highest BCUT2D eigenvalue weighted by Crippen LogP contribution is 2.16. The molecular formula is C16H22N2O4S. The number of rotatable bonds is 5. The van der Waals surface area contributed by atoms with Gasteiger partial charge in [-0.05, 0) is 37.1 Å². The number of sulfone groups is 1. The van der Waals surface area contributed by atoms with E-state index in [0.717, 1.165) is 19.3 Å². The first kappa shape index (κ1) is 17.5. The van der Waals surface area contributed by atoms with Gasteiger partial charge in [-0.15, -0.1) is 0 Å². The lowest BCUT2D eigenvalue weighted by molar-refractivity contribution is -0.134. The Hall–Kier alpha value is -1.89. The molecule has 2 amide bonds. The summed E-state index contributed by atoms with van der Waals surface area (Å²) >= 11 is 0. The zero-order valence-electron chi connectivity index (χ0n) is 13.2. The van der Waals surface area contributed by atoms with Gasteiger partial charge in [-0.1, -0.05) is 13.3 Å². The van der Waals surface area contributed by atoms with Gasteiger partial charge in [-0.25, -0.2) is 8.42 Å². The lowest BCUT2D eigenvalue weighted by Crippen LogP contribution is -2.37. The average molecular weight is 338 g/mol.